The molecule has 2 heterocycles. The number of halogens is 1. The Bertz CT molecular complexity index is 790. The first kappa shape index (κ1) is 19.1. The van der Waals surface area contributed by atoms with Crippen molar-refractivity contribution >= 4 is 11.8 Å². The number of anilines is 1. The maximum atomic E-state index is 13.4. The zero-order chi connectivity index (χ0) is 19.1. The quantitative estimate of drug-likeness (QED) is 0.623. The topological polar surface area (TPSA) is 61.8 Å². The number of aryl methyl sites for hydroxylation is 1. The molecule has 144 valence electrons. The SMILES string of the molecule is CN=C(NCc1ccc(F)c(C)c1)NCc1cccnc1N1CCOCC1. The van der Waals surface area contributed by atoms with Crippen LogP contribution in [-0.4, -0.2) is 44.3 Å². The molecule has 0 spiro atoms. The van der Waals surface area contributed by atoms with E-state index in [9.17, 15) is 4.39 Å². The summed E-state index contributed by atoms with van der Waals surface area (Å²) in [7, 11) is 1.73. The minimum atomic E-state index is -0.187. The Morgan fingerprint density at radius 3 is 2.74 bits per heavy atom. The van der Waals surface area contributed by atoms with Crippen LogP contribution in [0.25, 0.3) is 0 Å². The average molecular weight is 371 g/mol. The third-order valence-electron chi connectivity index (χ3n) is 4.53. The Hall–Kier alpha value is -2.67. The lowest BCUT2D eigenvalue weighted by molar-refractivity contribution is 0.122. The second kappa shape index (κ2) is 9.32. The Morgan fingerprint density at radius 1 is 1.22 bits per heavy atom. The summed E-state index contributed by atoms with van der Waals surface area (Å²) in [6, 6.07) is 9.13. The third kappa shape index (κ3) is 5.17. The summed E-state index contributed by atoms with van der Waals surface area (Å²) in [5, 5.41) is 6.59. The number of guanidine groups is 1. The Morgan fingerprint density at radius 2 is 2.00 bits per heavy atom. The molecule has 1 saturated heterocycles. The van der Waals surface area contributed by atoms with Crippen LogP contribution in [0, 0.1) is 12.7 Å². The van der Waals surface area contributed by atoms with Gasteiger partial charge in [-0.2, -0.15) is 0 Å². The molecule has 1 aromatic carbocycles. The predicted molar refractivity (Wildman–Crippen MR) is 105 cm³/mol. The van der Waals surface area contributed by atoms with E-state index in [1.165, 1.54) is 6.07 Å². The van der Waals surface area contributed by atoms with Gasteiger partial charge in [0.15, 0.2) is 5.96 Å². The van der Waals surface area contributed by atoms with E-state index >= 15 is 0 Å². The molecule has 1 aliphatic rings. The predicted octanol–water partition coefficient (Wildman–Crippen LogP) is 2.23. The molecule has 0 aliphatic carbocycles. The minimum Gasteiger partial charge on any atom is -0.378 e. The van der Waals surface area contributed by atoms with E-state index in [0.717, 1.165) is 43.2 Å². The van der Waals surface area contributed by atoms with Gasteiger partial charge >= 0.3 is 0 Å². The first-order valence-corrected chi connectivity index (χ1v) is 9.13. The average Bonchev–Trinajstić information content (AvgIpc) is 2.71. The van der Waals surface area contributed by atoms with Crippen LogP contribution < -0.4 is 15.5 Å². The van der Waals surface area contributed by atoms with E-state index in [2.05, 4.69) is 31.6 Å². The number of benzene rings is 1. The van der Waals surface area contributed by atoms with Crippen LogP contribution in [0.5, 0.6) is 0 Å². The van der Waals surface area contributed by atoms with Crippen LogP contribution in [0.3, 0.4) is 0 Å². The zero-order valence-corrected chi connectivity index (χ0v) is 15.8. The summed E-state index contributed by atoms with van der Waals surface area (Å²) in [6.45, 7) is 6.10. The summed E-state index contributed by atoms with van der Waals surface area (Å²) in [6.07, 6.45) is 1.82. The molecule has 2 aromatic rings. The van der Waals surface area contributed by atoms with Crippen molar-refractivity contribution < 1.29 is 9.13 Å². The van der Waals surface area contributed by atoms with Gasteiger partial charge in [-0.25, -0.2) is 9.37 Å². The number of hydrogen-bond donors (Lipinski definition) is 2. The number of nitrogens with zero attached hydrogens (tertiary/aromatic N) is 3. The second-order valence-electron chi connectivity index (χ2n) is 6.45. The molecule has 27 heavy (non-hydrogen) atoms. The van der Waals surface area contributed by atoms with Gasteiger partial charge < -0.3 is 20.3 Å². The monoisotopic (exact) mass is 371 g/mol. The molecule has 0 amide bonds. The number of aliphatic imine (C=N–C) groups is 1. The molecular formula is C20H26FN5O. The van der Waals surface area contributed by atoms with Gasteiger partial charge in [0.1, 0.15) is 11.6 Å². The van der Waals surface area contributed by atoms with E-state index in [1.54, 1.807) is 20.0 Å². The Kier molecular flexibility index (Phi) is 6.59. The highest BCUT2D eigenvalue weighted by Crippen LogP contribution is 2.18. The van der Waals surface area contributed by atoms with Crippen LogP contribution in [0.2, 0.25) is 0 Å². The molecule has 7 heteroatoms. The van der Waals surface area contributed by atoms with E-state index < -0.39 is 0 Å². The number of aromatic nitrogens is 1. The van der Waals surface area contributed by atoms with Crippen molar-refractivity contribution in [2.45, 2.75) is 20.0 Å². The fourth-order valence-electron chi connectivity index (χ4n) is 3.03. The molecule has 1 aliphatic heterocycles. The standard InChI is InChI=1S/C20H26FN5O/c1-15-12-16(5-6-18(15)21)13-24-20(22-2)25-14-17-4-3-7-23-19(17)26-8-10-27-11-9-26/h3-7,12H,8-11,13-14H2,1-2H3,(H2,22,24,25). The summed E-state index contributed by atoms with van der Waals surface area (Å²) in [5.41, 5.74) is 2.76. The van der Waals surface area contributed by atoms with Crippen LogP contribution in [0.15, 0.2) is 41.5 Å². The number of nitrogens with one attached hydrogen (secondary N) is 2. The lowest BCUT2D eigenvalue weighted by atomic mass is 10.1. The second-order valence-corrected chi connectivity index (χ2v) is 6.45. The van der Waals surface area contributed by atoms with Gasteiger partial charge in [0.25, 0.3) is 0 Å². The molecule has 0 bridgehead atoms. The van der Waals surface area contributed by atoms with Gasteiger partial charge in [0.05, 0.1) is 13.2 Å². The minimum absolute atomic E-state index is 0.187. The van der Waals surface area contributed by atoms with Crippen LogP contribution in [-0.2, 0) is 17.8 Å². The highest BCUT2D eigenvalue weighted by atomic mass is 19.1. The Labute approximate surface area is 159 Å². The molecule has 3 rings (SSSR count). The number of hydrogen-bond acceptors (Lipinski definition) is 4. The summed E-state index contributed by atoms with van der Waals surface area (Å²) < 4.78 is 18.8. The van der Waals surface area contributed by atoms with Gasteiger partial charge in [0, 0.05) is 45.0 Å². The smallest absolute Gasteiger partial charge is 0.191 e. The fraction of sp³-hybridized carbons (Fsp3) is 0.400. The van der Waals surface area contributed by atoms with Gasteiger partial charge in [-0.15, -0.1) is 0 Å². The number of ether oxygens (including phenoxy) is 1. The van der Waals surface area contributed by atoms with Crippen LogP contribution in [0.1, 0.15) is 16.7 Å². The first-order valence-electron chi connectivity index (χ1n) is 9.13. The van der Waals surface area contributed by atoms with Crippen molar-refractivity contribution in [1.29, 1.82) is 0 Å². The first-order chi connectivity index (χ1) is 13.2. The van der Waals surface area contributed by atoms with Gasteiger partial charge in [-0.1, -0.05) is 18.2 Å². The van der Waals surface area contributed by atoms with Crippen molar-refractivity contribution in [2.75, 3.05) is 38.3 Å². The van der Waals surface area contributed by atoms with Crippen molar-refractivity contribution in [3.8, 4) is 0 Å². The molecule has 1 aromatic heterocycles. The van der Waals surface area contributed by atoms with Gasteiger partial charge in [-0.05, 0) is 30.2 Å². The summed E-state index contributed by atoms with van der Waals surface area (Å²) in [5.74, 6) is 1.49. The van der Waals surface area contributed by atoms with Crippen molar-refractivity contribution in [3.63, 3.8) is 0 Å². The molecule has 6 nitrogen and oxygen atoms in total. The maximum Gasteiger partial charge on any atom is 0.191 e. The van der Waals surface area contributed by atoms with E-state index in [-0.39, 0.29) is 5.82 Å². The summed E-state index contributed by atoms with van der Waals surface area (Å²) >= 11 is 0. The maximum absolute atomic E-state index is 13.4. The molecule has 0 saturated carbocycles. The van der Waals surface area contributed by atoms with E-state index in [4.69, 9.17) is 4.74 Å². The molecule has 0 atom stereocenters. The van der Waals surface area contributed by atoms with Crippen LogP contribution in [0.4, 0.5) is 10.2 Å². The lowest BCUT2D eigenvalue weighted by Crippen LogP contribution is -2.39. The molecule has 2 N–H and O–H groups in total. The normalized spacial score (nSPS) is 14.9. The molecule has 0 radical (unpaired) electrons. The summed E-state index contributed by atoms with van der Waals surface area (Å²) in [4.78, 5) is 11.1. The molecule has 0 unspecified atom stereocenters. The number of rotatable bonds is 5. The van der Waals surface area contributed by atoms with Crippen molar-refractivity contribution in [3.05, 3.63) is 59.0 Å². The fourth-order valence-corrected chi connectivity index (χ4v) is 3.03. The van der Waals surface area contributed by atoms with E-state index in [0.29, 0.717) is 24.6 Å². The number of morpholine rings is 1. The zero-order valence-electron chi connectivity index (χ0n) is 15.8. The van der Waals surface area contributed by atoms with Crippen LogP contribution >= 0.6 is 0 Å². The van der Waals surface area contributed by atoms with Gasteiger partial charge in [0.2, 0.25) is 0 Å². The number of pyridine rings is 1. The highest BCUT2D eigenvalue weighted by Gasteiger charge is 2.15. The third-order valence-corrected chi connectivity index (χ3v) is 4.53. The van der Waals surface area contributed by atoms with Crippen molar-refractivity contribution in [1.82, 2.24) is 15.6 Å². The van der Waals surface area contributed by atoms with E-state index in [1.807, 2.05) is 18.3 Å². The lowest BCUT2D eigenvalue weighted by Gasteiger charge is -2.29. The highest BCUT2D eigenvalue weighted by molar-refractivity contribution is 5.79. The largest absolute Gasteiger partial charge is 0.378 e. The molecule has 1 fully saturated rings. The van der Waals surface area contributed by atoms with Gasteiger partial charge in [-0.3, -0.25) is 4.99 Å². The molecular weight excluding hydrogens is 345 g/mol. The van der Waals surface area contributed by atoms with Crippen molar-refractivity contribution in [2.24, 2.45) is 4.99 Å². The Balaban J connectivity index is 1.58.